The molecule has 4 rings (SSSR count). The quantitative estimate of drug-likeness (QED) is 0.655. The number of hydrogen-bond acceptors (Lipinski definition) is 4. The first-order valence-electron chi connectivity index (χ1n) is 7.76. The van der Waals surface area contributed by atoms with Crippen molar-refractivity contribution in [2.75, 3.05) is 0 Å². The summed E-state index contributed by atoms with van der Waals surface area (Å²) >= 11 is 3.01. The number of aromatic nitrogens is 1. The van der Waals surface area contributed by atoms with Gasteiger partial charge in [0.2, 0.25) is 0 Å². The van der Waals surface area contributed by atoms with E-state index in [4.69, 9.17) is 0 Å². The van der Waals surface area contributed by atoms with Gasteiger partial charge >= 0.3 is 0 Å². The second kappa shape index (κ2) is 6.45. The van der Waals surface area contributed by atoms with Crippen LogP contribution in [0.4, 0.5) is 4.39 Å². The highest BCUT2D eigenvalue weighted by molar-refractivity contribution is 7.21. The zero-order chi connectivity index (χ0) is 16.5. The van der Waals surface area contributed by atoms with E-state index < -0.39 is 0 Å². The summed E-state index contributed by atoms with van der Waals surface area (Å²) in [7, 11) is 0. The fourth-order valence-corrected chi connectivity index (χ4v) is 4.27. The number of hydrogen-bond donors (Lipinski definition) is 0. The van der Waals surface area contributed by atoms with Crippen LogP contribution in [-0.2, 0) is 6.54 Å². The Bertz CT molecular complexity index is 856. The van der Waals surface area contributed by atoms with Crippen LogP contribution in [0.15, 0.2) is 48.0 Å². The van der Waals surface area contributed by atoms with Crippen molar-refractivity contribution in [2.45, 2.75) is 25.4 Å². The molecule has 1 aromatic carbocycles. The van der Waals surface area contributed by atoms with Gasteiger partial charge in [-0.1, -0.05) is 24.3 Å². The van der Waals surface area contributed by atoms with Crippen LogP contribution in [-0.4, -0.2) is 21.8 Å². The van der Waals surface area contributed by atoms with Crippen molar-refractivity contribution in [1.82, 2.24) is 9.88 Å². The minimum atomic E-state index is -0.264. The summed E-state index contributed by atoms with van der Waals surface area (Å²) in [6, 6.07) is 10.8. The number of amides is 1. The number of nitrogens with zero attached hydrogens (tertiary/aromatic N) is 2. The van der Waals surface area contributed by atoms with Crippen LogP contribution in [0.1, 0.15) is 28.1 Å². The van der Waals surface area contributed by atoms with Crippen LogP contribution in [0.5, 0.6) is 0 Å². The first-order chi connectivity index (χ1) is 11.7. The van der Waals surface area contributed by atoms with E-state index in [2.05, 4.69) is 4.98 Å². The van der Waals surface area contributed by atoms with Crippen molar-refractivity contribution < 1.29 is 9.18 Å². The standard InChI is InChI=1S/C18H15FN2OS2/c19-14-5-2-1-4-12(14)11-21(13-7-8-13)18(22)16-10-20-17(24-16)15-6-3-9-23-15/h1-6,9-10,13H,7-8,11H2. The molecular weight excluding hydrogens is 343 g/mol. The topological polar surface area (TPSA) is 33.2 Å². The van der Waals surface area contributed by atoms with Crippen LogP contribution < -0.4 is 0 Å². The van der Waals surface area contributed by atoms with Gasteiger partial charge in [0.1, 0.15) is 15.7 Å². The molecule has 0 saturated heterocycles. The molecule has 1 aliphatic carbocycles. The van der Waals surface area contributed by atoms with Crippen LogP contribution >= 0.6 is 22.7 Å². The predicted molar refractivity (Wildman–Crippen MR) is 94.7 cm³/mol. The largest absolute Gasteiger partial charge is 0.330 e. The van der Waals surface area contributed by atoms with Gasteiger partial charge in [-0.3, -0.25) is 4.79 Å². The van der Waals surface area contributed by atoms with Gasteiger partial charge in [0.05, 0.1) is 11.1 Å². The molecule has 0 radical (unpaired) electrons. The highest BCUT2D eigenvalue weighted by Gasteiger charge is 2.34. The zero-order valence-corrected chi connectivity index (χ0v) is 14.4. The Morgan fingerprint density at radius 1 is 1.25 bits per heavy atom. The van der Waals surface area contributed by atoms with Crippen molar-refractivity contribution >= 4 is 28.6 Å². The Morgan fingerprint density at radius 3 is 2.79 bits per heavy atom. The molecule has 24 heavy (non-hydrogen) atoms. The highest BCUT2D eigenvalue weighted by Crippen LogP contribution is 2.33. The monoisotopic (exact) mass is 358 g/mol. The lowest BCUT2D eigenvalue weighted by Gasteiger charge is -2.22. The molecular formula is C18H15FN2OS2. The number of thiazole rings is 1. The van der Waals surface area contributed by atoms with Crippen LogP contribution in [0.3, 0.4) is 0 Å². The smallest absolute Gasteiger partial charge is 0.266 e. The molecule has 1 aliphatic rings. The van der Waals surface area contributed by atoms with Gasteiger partial charge in [-0.15, -0.1) is 22.7 Å². The van der Waals surface area contributed by atoms with Crippen molar-refractivity contribution in [3.8, 4) is 9.88 Å². The average Bonchev–Trinajstić information content (AvgIpc) is 3.09. The molecule has 1 fully saturated rings. The normalized spacial score (nSPS) is 13.9. The first-order valence-corrected chi connectivity index (χ1v) is 9.46. The molecule has 0 bridgehead atoms. The predicted octanol–water partition coefficient (Wildman–Crippen LogP) is 4.82. The van der Waals surface area contributed by atoms with E-state index in [1.54, 1.807) is 40.6 Å². The van der Waals surface area contributed by atoms with E-state index in [0.29, 0.717) is 17.0 Å². The van der Waals surface area contributed by atoms with Gasteiger partial charge in [-0.2, -0.15) is 0 Å². The summed E-state index contributed by atoms with van der Waals surface area (Å²) in [5.74, 6) is -0.319. The number of carbonyl (C=O) groups excluding carboxylic acids is 1. The molecule has 122 valence electrons. The number of carbonyl (C=O) groups is 1. The van der Waals surface area contributed by atoms with E-state index >= 15 is 0 Å². The second-order valence-corrected chi connectivity index (χ2v) is 7.74. The summed E-state index contributed by atoms with van der Waals surface area (Å²) in [5.41, 5.74) is 0.556. The van der Waals surface area contributed by atoms with Crippen molar-refractivity contribution in [3.63, 3.8) is 0 Å². The molecule has 0 spiro atoms. The fraction of sp³-hybridized carbons (Fsp3) is 0.222. The van der Waals surface area contributed by atoms with E-state index in [9.17, 15) is 9.18 Å². The lowest BCUT2D eigenvalue weighted by Crippen LogP contribution is -2.32. The summed E-state index contributed by atoms with van der Waals surface area (Å²) < 4.78 is 13.9. The second-order valence-electron chi connectivity index (χ2n) is 5.76. The molecule has 1 amide bonds. The summed E-state index contributed by atoms with van der Waals surface area (Å²) in [6.07, 6.45) is 3.60. The highest BCUT2D eigenvalue weighted by atomic mass is 32.1. The Morgan fingerprint density at radius 2 is 2.08 bits per heavy atom. The fourth-order valence-electron chi connectivity index (χ4n) is 2.59. The van der Waals surface area contributed by atoms with Crippen LogP contribution in [0.25, 0.3) is 9.88 Å². The molecule has 3 aromatic rings. The molecule has 0 aliphatic heterocycles. The van der Waals surface area contributed by atoms with E-state index in [0.717, 1.165) is 22.7 Å². The Hall–Kier alpha value is -2.05. The van der Waals surface area contributed by atoms with E-state index in [-0.39, 0.29) is 17.8 Å². The molecule has 2 heterocycles. The summed E-state index contributed by atoms with van der Waals surface area (Å²) in [5, 5.41) is 2.85. The minimum absolute atomic E-state index is 0.0546. The van der Waals surface area contributed by atoms with Crippen molar-refractivity contribution in [3.05, 3.63) is 64.2 Å². The zero-order valence-electron chi connectivity index (χ0n) is 12.8. The Labute approximate surface area is 147 Å². The average molecular weight is 358 g/mol. The van der Waals surface area contributed by atoms with Crippen molar-refractivity contribution in [2.24, 2.45) is 0 Å². The lowest BCUT2D eigenvalue weighted by atomic mass is 10.2. The SMILES string of the molecule is O=C(c1cnc(-c2cccs2)s1)N(Cc1ccccc1F)C1CC1. The third-order valence-electron chi connectivity index (χ3n) is 4.00. The van der Waals surface area contributed by atoms with Gasteiger partial charge in [0, 0.05) is 18.2 Å². The first kappa shape index (κ1) is 15.5. The van der Waals surface area contributed by atoms with Gasteiger partial charge in [-0.05, 0) is 30.4 Å². The van der Waals surface area contributed by atoms with Gasteiger partial charge in [0.15, 0.2) is 0 Å². The van der Waals surface area contributed by atoms with Crippen molar-refractivity contribution in [1.29, 1.82) is 0 Å². The Kier molecular flexibility index (Phi) is 4.16. The van der Waals surface area contributed by atoms with Gasteiger partial charge in [0.25, 0.3) is 5.91 Å². The molecule has 6 heteroatoms. The minimum Gasteiger partial charge on any atom is -0.330 e. The van der Waals surface area contributed by atoms with Crippen LogP contribution in [0, 0.1) is 5.82 Å². The summed E-state index contributed by atoms with van der Waals surface area (Å²) in [6.45, 7) is 0.308. The lowest BCUT2D eigenvalue weighted by molar-refractivity contribution is 0.0733. The third-order valence-corrected chi connectivity index (χ3v) is 6.02. The third kappa shape index (κ3) is 3.12. The Balaban J connectivity index is 1.58. The number of rotatable bonds is 5. The molecule has 3 nitrogen and oxygen atoms in total. The van der Waals surface area contributed by atoms with Gasteiger partial charge in [-0.25, -0.2) is 9.37 Å². The number of halogens is 1. The number of thiophene rings is 1. The van der Waals surface area contributed by atoms with E-state index in [1.807, 2.05) is 17.5 Å². The molecule has 2 aromatic heterocycles. The number of benzene rings is 1. The maximum atomic E-state index is 13.9. The van der Waals surface area contributed by atoms with Gasteiger partial charge < -0.3 is 4.90 Å². The van der Waals surface area contributed by atoms with E-state index in [1.165, 1.54) is 17.4 Å². The molecule has 0 N–H and O–H groups in total. The molecule has 0 unspecified atom stereocenters. The maximum absolute atomic E-state index is 13.9. The molecule has 0 atom stereocenters. The molecule has 1 saturated carbocycles. The summed E-state index contributed by atoms with van der Waals surface area (Å²) in [4.78, 5) is 20.7. The van der Waals surface area contributed by atoms with Crippen LogP contribution in [0.2, 0.25) is 0 Å². The maximum Gasteiger partial charge on any atom is 0.266 e.